The van der Waals surface area contributed by atoms with E-state index in [4.69, 9.17) is 0 Å². The zero-order valence-electron chi connectivity index (χ0n) is 18.2. The molecule has 13 heteroatoms. The van der Waals surface area contributed by atoms with Crippen LogP contribution in [0.4, 0.5) is 40.7 Å². The van der Waals surface area contributed by atoms with Crippen molar-refractivity contribution in [1.82, 2.24) is 25.5 Å². The molecule has 0 bridgehead atoms. The van der Waals surface area contributed by atoms with Gasteiger partial charge in [-0.15, -0.1) is 13.2 Å². The number of H-pyrrole nitrogens is 1. The summed E-state index contributed by atoms with van der Waals surface area (Å²) in [6.45, 7) is 0. The third kappa shape index (κ3) is 6.13. The molecule has 0 unspecified atom stereocenters. The van der Waals surface area contributed by atoms with Gasteiger partial charge in [0.2, 0.25) is 11.9 Å². The van der Waals surface area contributed by atoms with E-state index in [0.29, 0.717) is 17.6 Å². The van der Waals surface area contributed by atoms with Crippen LogP contribution in [-0.2, 0) is 11.2 Å². The lowest BCUT2D eigenvalue weighted by atomic mass is 10.1. The van der Waals surface area contributed by atoms with E-state index in [1.165, 1.54) is 12.1 Å². The number of ether oxygens (including phenoxy) is 1. The van der Waals surface area contributed by atoms with Gasteiger partial charge in [-0.1, -0.05) is 6.07 Å². The van der Waals surface area contributed by atoms with Gasteiger partial charge in [0, 0.05) is 42.0 Å². The van der Waals surface area contributed by atoms with E-state index in [0.717, 1.165) is 29.4 Å². The molecule has 1 amide bonds. The highest BCUT2D eigenvalue weighted by atomic mass is 19.4. The summed E-state index contributed by atoms with van der Waals surface area (Å²) in [5.41, 5.74) is 2.19. The maximum absolute atomic E-state index is 14.3. The number of carbonyl (C=O) groups is 1. The molecular weight excluding hydrogens is 470 g/mol. The van der Waals surface area contributed by atoms with Gasteiger partial charge in [-0.3, -0.25) is 9.89 Å². The quantitative estimate of drug-likeness (QED) is 0.268. The van der Waals surface area contributed by atoms with E-state index in [9.17, 15) is 22.4 Å². The van der Waals surface area contributed by atoms with Gasteiger partial charge in [-0.2, -0.15) is 10.1 Å². The molecule has 4 rings (SSSR count). The van der Waals surface area contributed by atoms with Crippen molar-refractivity contribution >= 4 is 40.0 Å². The van der Waals surface area contributed by atoms with Crippen molar-refractivity contribution in [3.63, 3.8) is 0 Å². The number of nitrogens with zero attached hydrogens (tertiary/aromatic N) is 3. The van der Waals surface area contributed by atoms with Crippen LogP contribution < -0.4 is 20.7 Å². The lowest BCUT2D eigenvalue weighted by molar-refractivity contribution is -0.274. The molecule has 35 heavy (non-hydrogen) atoms. The number of anilines is 4. The fraction of sp³-hybridized carbons (Fsp3) is 0.182. The Morgan fingerprint density at radius 2 is 1.91 bits per heavy atom. The van der Waals surface area contributed by atoms with E-state index >= 15 is 0 Å². The van der Waals surface area contributed by atoms with Gasteiger partial charge in [-0.25, -0.2) is 9.37 Å². The molecule has 0 saturated carbocycles. The normalized spacial score (nSPS) is 11.3. The van der Waals surface area contributed by atoms with Crippen LogP contribution in [0.1, 0.15) is 12.1 Å². The molecular formula is C22H19F4N7O2. The average molecular weight is 489 g/mol. The molecule has 0 aliphatic rings. The molecule has 0 aliphatic carbocycles. The molecule has 2 aromatic carbocycles. The first kappa shape index (κ1) is 23.7. The van der Waals surface area contributed by atoms with E-state index in [-0.39, 0.29) is 29.8 Å². The number of aromatic amines is 1. The van der Waals surface area contributed by atoms with Crippen LogP contribution in [0.5, 0.6) is 5.75 Å². The zero-order chi connectivity index (χ0) is 25.0. The summed E-state index contributed by atoms with van der Waals surface area (Å²) in [6, 6.07) is 10.2. The van der Waals surface area contributed by atoms with Crippen molar-refractivity contribution in [2.75, 3.05) is 17.7 Å². The first-order valence-corrected chi connectivity index (χ1v) is 10.3. The summed E-state index contributed by atoms with van der Waals surface area (Å²) < 4.78 is 55.6. The Labute approximate surface area is 195 Å². The van der Waals surface area contributed by atoms with Gasteiger partial charge in [0.05, 0.1) is 11.7 Å². The molecule has 2 aromatic heterocycles. The topological polar surface area (TPSA) is 117 Å². The monoisotopic (exact) mass is 489 g/mol. The molecule has 4 aromatic rings. The minimum Gasteiger partial charge on any atom is -0.406 e. The van der Waals surface area contributed by atoms with E-state index in [2.05, 4.69) is 40.9 Å². The molecule has 2 heterocycles. The Hall–Kier alpha value is -4.42. The van der Waals surface area contributed by atoms with Crippen molar-refractivity contribution in [1.29, 1.82) is 0 Å². The van der Waals surface area contributed by atoms with Crippen LogP contribution in [0.3, 0.4) is 0 Å². The van der Waals surface area contributed by atoms with Gasteiger partial charge in [0.1, 0.15) is 5.75 Å². The third-order valence-electron chi connectivity index (χ3n) is 4.84. The van der Waals surface area contributed by atoms with E-state index in [1.807, 2.05) is 0 Å². The van der Waals surface area contributed by atoms with Gasteiger partial charge in [0.15, 0.2) is 11.6 Å². The van der Waals surface area contributed by atoms with Crippen molar-refractivity contribution in [2.24, 2.45) is 0 Å². The number of aromatic nitrogens is 4. The lowest BCUT2D eigenvalue weighted by Crippen LogP contribution is -2.18. The summed E-state index contributed by atoms with van der Waals surface area (Å²) in [7, 11) is 1.56. The van der Waals surface area contributed by atoms with Crippen LogP contribution in [0.15, 0.2) is 48.7 Å². The number of hydrogen-bond acceptors (Lipinski definition) is 7. The Morgan fingerprint density at radius 3 is 2.69 bits per heavy atom. The first-order valence-electron chi connectivity index (χ1n) is 10.3. The molecule has 9 nitrogen and oxygen atoms in total. The van der Waals surface area contributed by atoms with Crippen molar-refractivity contribution < 1.29 is 27.1 Å². The predicted molar refractivity (Wildman–Crippen MR) is 120 cm³/mol. The van der Waals surface area contributed by atoms with Crippen molar-refractivity contribution in [2.45, 2.75) is 19.2 Å². The minimum atomic E-state index is -4.85. The molecule has 4 N–H and O–H groups in total. The number of halogens is 4. The molecule has 0 atom stereocenters. The highest BCUT2D eigenvalue weighted by Gasteiger charge is 2.31. The van der Waals surface area contributed by atoms with E-state index in [1.54, 1.807) is 25.2 Å². The fourth-order valence-corrected chi connectivity index (χ4v) is 3.25. The largest absolute Gasteiger partial charge is 0.573 e. The molecule has 0 fully saturated rings. The Bertz CT molecular complexity index is 1360. The summed E-state index contributed by atoms with van der Waals surface area (Å²) in [4.78, 5) is 19.5. The molecule has 0 spiro atoms. The number of amides is 1. The van der Waals surface area contributed by atoms with Gasteiger partial charge in [-0.05, 0) is 36.8 Å². The molecule has 0 radical (unpaired) electrons. The Balaban J connectivity index is 1.52. The third-order valence-corrected chi connectivity index (χ3v) is 4.84. The minimum absolute atomic E-state index is 0.0475. The lowest BCUT2D eigenvalue weighted by Gasteiger charge is -2.12. The Morgan fingerprint density at radius 1 is 1.11 bits per heavy atom. The standard InChI is InChI=1S/C22H19F4N7O2/c1-27-19(34)8-7-18-15-10-13(5-6-17(15)32-33-18)30-21-28-11-16(23)20(31-21)29-12-3-2-4-14(9-12)35-22(24,25)26/h2-6,9-11H,7-8H2,1H3,(H,27,34)(H,32,33)(H2,28,29,30,31). The van der Waals surface area contributed by atoms with Crippen LogP contribution in [0.2, 0.25) is 0 Å². The van der Waals surface area contributed by atoms with Crippen LogP contribution in [-0.4, -0.2) is 39.5 Å². The van der Waals surface area contributed by atoms with Gasteiger partial charge >= 0.3 is 6.36 Å². The van der Waals surface area contributed by atoms with Gasteiger partial charge in [0.25, 0.3) is 0 Å². The average Bonchev–Trinajstić information content (AvgIpc) is 3.21. The highest BCUT2D eigenvalue weighted by Crippen LogP contribution is 2.28. The second-order valence-corrected chi connectivity index (χ2v) is 7.32. The van der Waals surface area contributed by atoms with Crippen LogP contribution >= 0.6 is 0 Å². The number of alkyl halides is 3. The van der Waals surface area contributed by atoms with Crippen LogP contribution in [0, 0.1) is 5.82 Å². The van der Waals surface area contributed by atoms with Crippen molar-refractivity contribution in [3.8, 4) is 5.75 Å². The predicted octanol–water partition coefficient (Wildman–Crippen LogP) is 4.56. The number of carbonyl (C=O) groups excluding carboxylic acids is 1. The van der Waals surface area contributed by atoms with Crippen LogP contribution in [0.25, 0.3) is 10.9 Å². The fourth-order valence-electron chi connectivity index (χ4n) is 3.25. The van der Waals surface area contributed by atoms with E-state index < -0.39 is 17.9 Å². The molecule has 0 aliphatic heterocycles. The second kappa shape index (κ2) is 9.83. The summed E-state index contributed by atoms with van der Waals surface area (Å²) >= 11 is 0. The maximum atomic E-state index is 14.3. The summed E-state index contributed by atoms with van der Waals surface area (Å²) in [5.74, 6) is -1.57. The highest BCUT2D eigenvalue weighted by molar-refractivity contribution is 5.86. The zero-order valence-corrected chi connectivity index (χ0v) is 18.2. The summed E-state index contributed by atoms with van der Waals surface area (Å²) in [5, 5.41) is 16.1. The second-order valence-electron chi connectivity index (χ2n) is 7.32. The summed E-state index contributed by atoms with van der Waals surface area (Å²) in [6.07, 6.45) is -3.18. The smallest absolute Gasteiger partial charge is 0.406 e. The Kier molecular flexibility index (Phi) is 6.66. The van der Waals surface area contributed by atoms with Gasteiger partial charge < -0.3 is 20.7 Å². The molecule has 0 saturated heterocycles. The first-order chi connectivity index (χ1) is 16.7. The maximum Gasteiger partial charge on any atom is 0.573 e. The number of fused-ring (bicyclic) bond motifs is 1. The number of rotatable bonds is 8. The number of hydrogen-bond donors (Lipinski definition) is 4. The molecule has 182 valence electrons. The SMILES string of the molecule is CNC(=O)CCc1[nH]nc2ccc(Nc3ncc(F)c(Nc4cccc(OC(F)(F)F)c4)n3)cc12. The number of benzene rings is 2. The number of nitrogens with one attached hydrogen (secondary N) is 4. The van der Waals surface area contributed by atoms with Crippen molar-refractivity contribution in [3.05, 3.63) is 60.2 Å². The number of aryl methyl sites for hydroxylation is 1.